The summed E-state index contributed by atoms with van der Waals surface area (Å²) in [6.07, 6.45) is 8.37. The van der Waals surface area contributed by atoms with Crippen LogP contribution in [0.4, 0.5) is 0 Å². The zero-order chi connectivity index (χ0) is 23.1. The van der Waals surface area contributed by atoms with Crippen molar-refractivity contribution in [3.05, 3.63) is 53.1 Å². The van der Waals surface area contributed by atoms with Gasteiger partial charge in [-0.25, -0.2) is 0 Å². The zero-order valence-corrected chi connectivity index (χ0v) is 22.7. The van der Waals surface area contributed by atoms with Crippen molar-refractivity contribution in [3.63, 3.8) is 0 Å². The number of allylic oxidation sites excluding steroid dienone is 4. The summed E-state index contributed by atoms with van der Waals surface area (Å²) in [5.41, 5.74) is 6.06. The Kier molecular flexibility index (Phi) is 7.56. The second-order valence-electron chi connectivity index (χ2n) is 12.1. The summed E-state index contributed by atoms with van der Waals surface area (Å²) in [6, 6.07) is 7.32. The van der Waals surface area contributed by atoms with E-state index in [1.165, 1.54) is 16.7 Å². The van der Waals surface area contributed by atoms with E-state index >= 15 is 0 Å². The van der Waals surface area contributed by atoms with Crippen molar-refractivity contribution in [1.29, 1.82) is 0 Å². The van der Waals surface area contributed by atoms with Gasteiger partial charge >= 0.3 is 0 Å². The van der Waals surface area contributed by atoms with E-state index in [2.05, 4.69) is 120 Å². The van der Waals surface area contributed by atoms with Gasteiger partial charge < -0.3 is 0 Å². The maximum Gasteiger partial charge on any atom is 0.0227 e. The number of benzene rings is 1. The largest absolute Gasteiger partial charge is 0.0841 e. The Morgan fingerprint density at radius 2 is 1.40 bits per heavy atom. The Balaban J connectivity index is 2.86. The van der Waals surface area contributed by atoms with E-state index in [1.807, 2.05) is 0 Å². The van der Waals surface area contributed by atoms with Crippen molar-refractivity contribution in [1.82, 2.24) is 0 Å². The molecule has 0 saturated carbocycles. The molecule has 1 aromatic carbocycles. The summed E-state index contributed by atoms with van der Waals surface area (Å²) in [5, 5.41) is 0.736. The molecule has 30 heavy (non-hydrogen) atoms. The Morgan fingerprint density at radius 3 is 1.83 bits per heavy atom. The molecule has 1 aromatic rings. The first kappa shape index (κ1) is 25.4. The van der Waals surface area contributed by atoms with E-state index in [0.29, 0.717) is 17.8 Å². The van der Waals surface area contributed by atoms with Gasteiger partial charge in [-0.3, -0.25) is 0 Å². The third-order valence-electron chi connectivity index (χ3n) is 6.64. The monoisotopic (exact) mass is 426 g/mol. The highest BCUT2D eigenvalue weighted by Gasteiger charge is 2.53. The minimum Gasteiger partial charge on any atom is -0.0841 e. The van der Waals surface area contributed by atoms with Crippen LogP contribution in [0.1, 0.15) is 118 Å². The van der Waals surface area contributed by atoms with Crippen molar-refractivity contribution in [2.45, 2.75) is 117 Å². The van der Waals surface area contributed by atoms with E-state index in [-0.39, 0.29) is 23.4 Å². The van der Waals surface area contributed by atoms with Gasteiger partial charge in [-0.05, 0) is 56.8 Å². The summed E-state index contributed by atoms with van der Waals surface area (Å²) in [4.78, 5) is 0. The highest BCUT2D eigenvalue weighted by atomic mass is 31.1. The van der Waals surface area contributed by atoms with Crippen LogP contribution in [0.15, 0.2) is 36.4 Å². The molecule has 1 aliphatic rings. The molecule has 0 aliphatic heterocycles. The molecule has 0 spiro atoms. The first-order chi connectivity index (χ1) is 13.6. The van der Waals surface area contributed by atoms with Crippen molar-refractivity contribution >= 4 is 13.5 Å². The predicted octanol–water partition coefficient (Wildman–Crippen LogP) is 9.75. The van der Waals surface area contributed by atoms with Gasteiger partial charge in [0.2, 0.25) is 0 Å². The van der Waals surface area contributed by atoms with Crippen molar-refractivity contribution in [2.75, 3.05) is 0 Å². The fourth-order valence-corrected chi connectivity index (χ4v) is 11.5. The van der Waals surface area contributed by atoms with Gasteiger partial charge in [0, 0.05) is 5.16 Å². The molecular weight excluding hydrogens is 379 g/mol. The van der Waals surface area contributed by atoms with Crippen molar-refractivity contribution < 1.29 is 0 Å². The second kappa shape index (κ2) is 8.94. The van der Waals surface area contributed by atoms with E-state index in [0.717, 1.165) is 6.42 Å². The van der Waals surface area contributed by atoms with Gasteiger partial charge in [0.1, 0.15) is 0 Å². The molecule has 0 amide bonds. The van der Waals surface area contributed by atoms with Crippen LogP contribution in [0.3, 0.4) is 0 Å². The van der Waals surface area contributed by atoms with Crippen LogP contribution in [0, 0.1) is 5.92 Å². The Morgan fingerprint density at radius 1 is 0.833 bits per heavy atom. The summed E-state index contributed by atoms with van der Waals surface area (Å²) < 4.78 is 0. The summed E-state index contributed by atoms with van der Waals surface area (Å²) in [7, 11) is -0.319. The van der Waals surface area contributed by atoms with Crippen LogP contribution in [-0.2, 0) is 0 Å². The lowest BCUT2D eigenvalue weighted by Crippen LogP contribution is -2.45. The van der Waals surface area contributed by atoms with Gasteiger partial charge in [-0.2, -0.15) is 0 Å². The molecule has 1 atom stereocenters. The third kappa shape index (κ3) is 4.80. The summed E-state index contributed by atoms with van der Waals surface area (Å²) in [6.45, 7) is 29.1. The van der Waals surface area contributed by atoms with Crippen LogP contribution in [0.5, 0.6) is 0 Å². The molecule has 0 saturated heterocycles. The number of hydrogen-bond acceptors (Lipinski definition) is 0. The lowest BCUT2D eigenvalue weighted by Gasteiger charge is -2.58. The minimum atomic E-state index is -0.319. The molecule has 2 rings (SSSR count). The molecule has 0 N–H and O–H groups in total. The van der Waals surface area contributed by atoms with Crippen molar-refractivity contribution in [3.8, 4) is 0 Å². The fraction of sp³-hybridized carbons (Fsp3) is 0.655. The molecule has 0 aromatic heterocycles. The lowest BCUT2D eigenvalue weighted by molar-refractivity contribution is 0.491. The fourth-order valence-electron chi connectivity index (χ4n) is 5.87. The molecule has 1 heteroatoms. The molecule has 168 valence electrons. The molecule has 1 aliphatic carbocycles. The smallest absolute Gasteiger partial charge is 0.0227 e. The van der Waals surface area contributed by atoms with Gasteiger partial charge in [0.25, 0.3) is 0 Å². The Labute approximate surface area is 189 Å². The number of hydrogen-bond donors (Lipinski definition) is 0. The van der Waals surface area contributed by atoms with Crippen molar-refractivity contribution in [2.24, 2.45) is 5.92 Å². The van der Waals surface area contributed by atoms with Crippen LogP contribution in [-0.4, -0.2) is 15.5 Å². The number of rotatable bonds is 5. The van der Waals surface area contributed by atoms with Gasteiger partial charge in [-0.15, -0.1) is 0 Å². The van der Waals surface area contributed by atoms with Gasteiger partial charge in [-0.1, -0.05) is 127 Å². The molecule has 0 fully saturated rings. The zero-order valence-electron chi connectivity index (χ0n) is 21.9. The standard InChI is InChI=1S/C29H47P/c1-20(2)23-16-17-24(25(19-23)21(3)4)26-15-13-14-18-29(26,22(5)6)30(27(7,8)9)28(10,11)12/h13-17,19-22H,18H2,1-12H3. The summed E-state index contributed by atoms with van der Waals surface area (Å²) >= 11 is 0. The van der Waals surface area contributed by atoms with Crippen LogP contribution < -0.4 is 0 Å². The maximum atomic E-state index is 2.49. The predicted molar refractivity (Wildman–Crippen MR) is 140 cm³/mol. The summed E-state index contributed by atoms with van der Waals surface area (Å²) in [5.74, 6) is 1.67. The Hall–Kier alpha value is -0.870. The third-order valence-corrected chi connectivity index (χ3v) is 11.1. The van der Waals surface area contributed by atoms with E-state index < -0.39 is 0 Å². The second-order valence-corrected chi connectivity index (χ2v) is 16.3. The molecular formula is C29H47P. The maximum absolute atomic E-state index is 2.49. The Bertz CT molecular complexity index is 779. The van der Waals surface area contributed by atoms with Crippen LogP contribution in [0.2, 0.25) is 0 Å². The molecule has 0 bridgehead atoms. The SMILES string of the molecule is CC(C)c1ccc(C2=CC=CCC2(C(C)C)P(C(C)(C)C)C(C)(C)C)c(C(C)C)c1. The average Bonchev–Trinajstić information content (AvgIpc) is 2.58. The molecule has 0 nitrogen and oxygen atoms in total. The highest BCUT2D eigenvalue weighted by Crippen LogP contribution is 2.74. The minimum absolute atomic E-state index is 0.184. The van der Waals surface area contributed by atoms with Crippen LogP contribution in [0.25, 0.3) is 5.57 Å². The van der Waals surface area contributed by atoms with E-state index in [4.69, 9.17) is 0 Å². The quantitative estimate of drug-likeness (QED) is 0.411. The lowest BCUT2D eigenvalue weighted by atomic mass is 9.75. The molecule has 0 radical (unpaired) electrons. The van der Waals surface area contributed by atoms with Gasteiger partial charge in [0.05, 0.1) is 0 Å². The molecule has 1 unspecified atom stereocenters. The van der Waals surface area contributed by atoms with Gasteiger partial charge in [0.15, 0.2) is 0 Å². The van der Waals surface area contributed by atoms with E-state index in [1.54, 1.807) is 5.57 Å². The first-order valence-corrected chi connectivity index (χ1v) is 13.3. The van der Waals surface area contributed by atoms with E-state index in [9.17, 15) is 0 Å². The normalized spacial score (nSPS) is 20.6. The first-order valence-electron chi connectivity index (χ1n) is 12.0. The van der Waals surface area contributed by atoms with Crippen LogP contribution >= 0.6 is 7.92 Å². The highest BCUT2D eigenvalue weighted by molar-refractivity contribution is 7.63. The topological polar surface area (TPSA) is 0 Å². The average molecular weight is 427 g/mol. The molecule has 0 heterocycles.